The van der Waals surface area contributed by atoms with Crippen LogP contribution in [-0.4, -0.2) is 13.3 Å². The molecular weight excluding hydrogens is 144 g/mol. The summed E-state index contributed by atoms with van der Waals surface area (Å²) >= 11 is 4.54. The van der Waals surface area contributed by atoms with Gasteiger partial charge in [0, 0.05) is 13.3 Å². The number of thiol groups is 1. The Bertz CT molecular complexity index is 99.5. The van der Waals surface area contributed by atoms with Gasteiger partial charge in [0.15, 0.2) is 0 Å². The highest BCUT2D eigenvalue weighted by atomic mass is 32.1. The predicted molar refractivity (Wildman–Crippen MR) is 49.0 cm³/mol. The van der Waals surface area contributed by atoms with Crippen LogP contribution >= 0.6 is 12.6 Å². The van der Waals surface area contributed by atoms with Crippen molar-refractivity contribution in [3.8, 4) is 0 Å². The molecule has 0 amide bonds. The first-order valence-electron chi connectivity index (χ1n) is 3.69. The van der Waals surface area contributed by atoms with E-state index in [1.54, 1.807) is 0 Å². The minimum absolute atomic E-state index is 0.715. The van der Waals surface area contributed by atoms with Gasteiger partial charge in [-0.3, -0.25) is 0 Å². The van der Waals surface area contributed by atoms with Crippen molar-refractivity contribution in [2.45, 2.75) is 37.4 Å². The quantitative estimate of drug-likeness (QED) is 0.409. The second kappa shape index (κ2) is 2.31. The van der Waals surface area contributed by atoms with E-state index in [0.29, 0.717) is 5.25 Å². The van der Waals surface area contributed by atoms with E-state index >= 15 is 0 Å². The first kappa shape index (κ1) is 7.67. The molecule has 0 bridgehead atoms. The van der Waals surface area contributed by atoms with Crippen molar-refractivity contribution >= 4 is 20.7 Å². The fourth-order valence-electron chi connectivity index (χ4n) is 1.86. The van der Waals surface area contributed by atoms with Gasteiger partial charge in [-0.15, -0.1) is 0 Å². The largest absolute Gasteiger partial charge is 0.176 e. The maximum Gasteiger partial charge on any atom is 0.0487 e. The Balaban J connectivity index is 2.54. The van der Waals surface area contributed by atoms with Gasteiger partial charge in [-0.05, 0) is 12.0 Å². The normalized spacial score (nSPS) is 41.3. The van der Waals surface area contributed by atoms with Crippen molar-refractivity contribution in [2.75, 3.05) is 0 Å². The number of rotatable bonds is 0. The van der Waals surface area contributed by atoms with Gasteiger partial charge < -0.3 is 0 Å². The highest BCUT2D eigenvalue weighted by molar-refractivity contribution is 7.81. The highest BCUT2D eigenvalue weighted by Crippen LogP contribution is 2.37. The first-order chi connectivity index (χ1) is 4.01. The fraction of sp³-hybridized carbons (Fsp3) is 1.00. The summed E-state index contributed by atoms with van der Waals surface area (Å²) in [4.78, 5) is 0. The molecular formula is C7H16SSi. The molecule has 1 saturated heterocycles. The van der Waals surface area contributed by atoms with Crippen LogP contribution in [0.1, 0.15) is 6.92 Å². The van der Waals surface area contributed by atoms with E-state index in [-0.39, 0.29) is 0 Å². The van der Waals surface area contributed by atoms with Gasteiger partial charge in [0.05, 0.1) is 0 Å². The van der Waals surface area contributed by atoms with Crippen LogP contribution in [0.3, 0.4) is 0 Å². The summed E-state index contributed by atoms with van der Waals surface area (Å²) < 4.78 is 0. The summed E-state index contributed by atoms with van der Waals surface area (Å²) in [5.74, 6) is 0.884. The van der Waals surface area contributed by atoms with Gasteiger partial charge in [-0.1, -0.05) is 26.1 Å². The van der Waals surface area contributed by atoms with Crippen LogP contribution in [0, 0.1) is 5.92 Å². The third-order valence-electron chi connectivity index (χ3n) is 2.29. The third-order valence-corrected chi connectivity index (χ3v) is 6.62. The van der Waals surface area contributed by atoms with Gasteiger partial charge in [0.1, 0.15) is 0 Å². The van der Waals surface area contributed by atoms with Crippen molar-refractivity contribution in [1.82, 2.24) is 0 Å². The fourth-order valence-corrected chi connectivity index (χ4v) is 7.37. The second-order valence-electron chi connectivity index (χ2n) is 4.12. The van der Waals surface area contributed by atoms with Gasteiger partial charge in [0.25, 0.3) is 0 Å². The lowest BCUT2D eigenvalue weighted by Crippen LogP contribution is -2.19. The van der Waals surface area contributed by atoms with Crippen molar-refractivity contribution in [1.29, 1.82) is 0 Å². The summed E-state index contributed by atoms with van der Waals surface area (Å²) in [5.41, 5.74) is 0. The summed E-state index contributed by atoms with van der Waals surface area (Å²) in [5, 5.41) is 0.715. The van der Waals surface area contributed by atoms with Crippen molar-refractivity contribution in [2.24, 2.45) is 5.92 Å². The van der Waals surface area contributed by atoms with Gasteiger partial charge in [0.2, 0.25) is 0 Å². The zero-order chi connectivity index (χ0) is 7.07. The van der Waals surface area contributed by atoms with Gasteiger partial charge >= 0.3 is 0 Å². The minimum atomic E-state index is -0.743. The molecule has 0 aromatic carbocycles. The first-order valence-corrected chi connectivity index (χ1v) is 7.62. The topological polar surface area (TPSA) is 0 Å². The Morgan fingerprint density at radius 3 is 2.00 bits per heavy atom. The molecule has 0 aromatic rings. The molecule has 1 rings (SSSR count). The molecule has 0 saturated carbocycles. The van der Waals surface area contributed by atoms with E-state index in [4.69, 9.17) is 0 Å². The molecule has 9 heavy (non-hydrogen) atoms. The zero-order valence-corrected chi connectivity index (χ0v) is 8.41. The minimum Gasteiger partial charge on any atom is -0.176 e. The van der Waals surface area contributed by atoms with Crippen molar-refractivity contribution in [3.05, 3.63) is 0 Å². The van der Waals surface area contributed by atoms with Crippen LogP contribution in [0.25, 0.3) is 0 Å². The average molecular weight is 160 g/mol. The van der Waals surface area contributed by atoms with Crippen molar-refractivity contribution in [3.63, 3.8) is 0 Å². The third kappa shape index (κ3) is 1.74. The lowest BCUT2D eigenvalue weighted by atomic mass is 10.2. The Labute approximate surface area is 64.5 Å². The maximum atomic E-state index is 4.54. The Morgan fingerprint density at radius 1 is 1.33 bits per heavy atom. The molecule has 1 heterocycles. The molecule has 0 spiro atoms. The molecule has 1 fully saturated rings. The SMILES string of the molecule is CC1C[Si](C)(C)CC1S. The lowest BCUT2D eigenvalue weighted by molar-refractivity contribution is 0.677. The highest BCUT2D eigenvalue weighted by Gasteiger charge is 2.35. The maximum absolute atomic E-state index is 4.54. The molecule has 2 heteroatoms. The Morgan fingerprint density at radius 2 is 1.89 bits per heavy atom. The summed E-state index contributed by atoms with van der Waals surface area (Å²) in [6.45, 7) is 7.28. The van der Waals surface area contributed by atoms with E-state index in [0.717, 1.165) is 5.92 Å². The summed E-state index contributed by atoms with van der Waals surface area (Å²) in [7, 11) is -0.743. The number of hydrogen-bond acceptors (Lipinski definition) is 1. The molecule has 2 unspecified atom stereocenters. The Hall–Kier alpha value is 0.567. The monoisotopic (exact) mass is 160 g/mol. The standard InChI is InChI=1S/C7H16SSi/c1-6-4-9(2,3)5-7(6)8/h6-8H,4-5H2,1-3H3. The molecule has 54 valence electrons. The zero-order valence-electron chi connectivity index (χ0n) is 6.52. The molecule has 0 aromatic heterocycles. The molecule has 1 aliphatic heterocycles. The summed E-state index contributed by atoms with van der Waals surface area (Å²) in [6, 6.07) is 2.92. The van der Waals surface area contributed by atoms with E-state index in [1.807, 2.05) is 0 Å². The van der Waals surface area contributed by atoms with E-state index in [9.17, 15) is 0 Å². The van der Waals surface area contributed by atoms with Crippen LogP contribution < -0.4 is 0 Å². The van der Waals surface area contributed by atoms with Crippen LogP contribution in [0.5, 0.6) is 0 Å². The smallest absolute Gasteiger partial charge is 0.0487 e. The Kier molecular flexibility index (Phi) is 1.97. The van der Waals surface area contributed by atoms with Crippen molar-refractivity contribution < 1.29 is 0 Å². The number of hydrogen-bond donors (Lipinski definition) is 1. The van der Waals surface area contributed by atoms with E-state index in [2.05, 4.69) is 32.6 Å². The van der Waals surface area contributed by atoms with Gasteiger partial charge in [-0.25, -0.2) is 0 Å². The average Bonchev–Trinajstić information content (AvgIpc) is 1.79. The predicted octanol–water partition coefficient (Wildman–Crippen LogP) is 2.64. The van der Waals surface area contributed by atoms with Crippen LogP contribution in [0.15, 0.2) is 0 Å². The molecule has 0 aliphatic carbocycles. The summed E-state index contributed by atoms with van der Waals surface area (Å²) in [6.07, 6.45) is 0. The second-order valence-corrected chi connectivity index (χ2v) is 9.93. The molecule has 0 N–H and O–H groups in total. The molecule has 0 radical (unpaired) electrons. The van der Waals surface area contributed by atoms with Crippen LogP contribution in [0.2, 0.25) is 25.2 Å². The lowest BCUT2D eigenvalue weighted by Gasteiger charge is -2.12. The van der Waals surface area contributed by atoms with E-state index in [1.165, 1.54) is 12.1 Å². The molecule has 2 atom stereocenters. The molecule has 0 nitrogen and oxygen atoms in total. The molecule has 1 aliphatic rings. The van der Waals surface area contributed by atoms with Crippen LogP contribution in [-0.2, 0) is 0 Å². The van der Waals surface area contributed by atoms with Gasteiger partial charge in [-0.2, -0.15) is 12.6 Å². The van der Waals surface area contributed by atoms with E-state index < -0.39 is 8.07 Å². The van der Waals surface area contributed by atoms with Crippen LogP contribution in [0.4, 0.5) is 0 Å².